The van der Waals surface area contributed by atoms with Crippen LogP contribution in [0.4, 0.5) is 0 Å². The summed E-state index contributed by atoms with van der Waals surface area (Å²) in [5.74, 6) is -2.69. The lowest BCUT2D eigenvalue weighted by Crippen LogP contribution is -2.48. The number of hydrogen-bond donors (Lipinski definition) is 4. The lowest BCUT2D eigenvalue weighted by Gasteiger charge is -2.29. The van der Waals surface area contributed by atoms with Crippen LogP contribution in [0.5, 0.6) is 0 Å². The van der Waals surface area contributed by atoms with E-state index in [1.165, 1.54) is 30.3 Å². The van der Waals surface area contributed by atoms with Gasteiger partial charge in [-0.3, -0.25) is 18.9 Å². The number of carbonyl (C=O) groups is 3. The largest absolute Gasteiger partial charge is 0.508 e. The molecule has 2 aliphatic rings. The van der Waals surface area contributed by atoms with Crippen LogP contribution in [0.25, 0.3) is 5.53 Å². The molecule has 0 heterocycles. The average molecular weight is 498 g/mol. The summed E-state index contributed by atoms with van der Waals surface area (Å²) in [7, 11) is -4.87. The SMILES string of the molecule is O=C(c1ccccc1)C1(O)C=CC(O)=CC1O.[N-]=[N+]=C1C(=O)c2ccccc2C(=O)C1S(=O)(=O)O. The van der Waals surface area contributed by atoms with E-state index >= 15 is 0 Å². The van der Waals surface area contributed by atoms with Crippen molar-refractivity contribution < 1.29 is 47.5 Å². The molecule has 4 rings (SSSR count). The quantitative estimate of drug-likeness (QED) is 0.206. The third-order valence-corrected chi connectivity index (χ3v) is 6.28. The summed E-state index contributed by atoms with van der Waals surface area (Å²) in [6, 6.07) is 13.7. The summed E-state index contributed by atoms with van der Waals surface area (Å²) in [5, 5.41) is 26.8. The monoisotopic (exact) mass is 498 g/mol. The van der Waals surface area contributed by atoms with Crippen molar-refractivity contribution in [3.8, 4) is 0 Å². The molecule has 2 aliphatic carbocycles. The average Bonchev–Trinajstić information content (AvgIpc) is 2.83. The Morgan fingerprint density at radius 3 is 2.11 bits per heavy atom. The molecule has 180 valence electrons. The highest BCUT2D eigenvalue weighted by Gasteiger charge is 2.51. The molecule has 0 aliphatic heterocycles. The summed E-state index contributed by atoms with van der Waals surface area (Å²) in [6.07, 6.45) is 1.86. The number of carbonyl (C=O) groups excluding carboxylic acids is 3. The van der Waals surface area contributed by atoms with E-state index in [0.717, 1.165) is 12.2 Å². The van der Waals surface area contributed by atoms with E-state index in [9.17, 15) is 33.0 Å². The third kappa shape index (κ3) is 4.92. The second kappa shape index (κ2) is 9.66. The number of nitrogens with zero attached hydrogens (tertiary/aromatic N) is 2. The fourth-order valence-corrected chi connectivity index (χ4v) is 4.31. The highest BCUT2D eigenvalue weighted by Crippen LogP contribution is 2.25. The number of aliphatic hydroxyl groups excluding tert-OH is 2. The number of ketones is 3. The topological polar surface area (TPSA) is 203 Å². The molecule has 3 unspecified atom stereocenters. The van der Waals surface area contributed by atoms with Crippen molar-refractivity contribution in [3.05, 3.63) is 101 Å². The predicted octanol–water partition coefficient (Wildman–Crippen LogP) is 0.966. The Kier molecular flexibility index (Phi) is 7.06. The summed E-state index contributed by atoms with van der Waals surface area (Å²) in [4.78, 5) is 38.3. The zero-order valence-corrected chi connectivity index (χ0v) is 18.5. The molecule has 3 atom stereocenters. The van der Waals surface area contributed by atoms with Crippen molar-refractivity contribution in [3.63, 3.8) is 0 Å². The Balaban J connectivity index is 0.000000196. The first-order chi connectivity index (χ1) is 16.4. The van der Waals surface area contributed by atoms with Crippen LogP contribution in [0.15, 0.2) is 78.6 Å². The summed E-state index contributed by atoms with van der Waals surface area (Å²) in [5.41, 5.74) is 5.87. The first-order valence-corrected chi connectivity index (χ1v) is 11.4. The van der Waals surface area contributed by atoms with Crippen molar-refractivity contribution >= 4 is 33.2 Å². The van der Waals surface area contributed by atoms with Crippen LogP contribution in [0.3, 0.4) is 0 Å². The van der Waals surface area contributed by atoms with Gasteiger partial charge in [0, 0.05) is 16.7 Å². The molecule has 0 radical (unpaired) electrons. The van der Waals surface area contributed by atoms with Gasteiger partial charge in [-0.15, -0.1) is 0 Å². The zero-order valence-electron chi connectivity index (χ0n) is 17.7. The van der Waals surface area contributed by atoms with Crippen LogP contribution in [0.2, 0.25) is 0 Å². The van der Waals surface area contributed by atoms with Crippen molar-refractivity contribution in [1.82, 2.24) is 0 Å². The normalized spacial score (nSPS) is 23.4. The van der Waals surface area contributed by atoms with E-state index in [-0.39, 0.29) is 16.9 Å². The molecule has 0 spiro atoms. The van der Waals surface area contributed by atoms with Crippen molar-refractivity contribution in [1.29, 1.82) is 0 Å². The second-order valence-electron chi connectivity index (χ2n) is 7.51. The van der Waals surface area contributed by atoms with Crippen LogP contribution < -0.4 is 0 Å². The summed E-state index contributed by atoms with van der Waals surface area (Å²) in [6.45, 7) is 0. The smallest absolute Gasteiger partial charge is 0.367 e. The van der Waals surface area contributed by atoms with Gasteiger partial charge >= 0.3 is 5.71 Å². The molecule has 11 nitrogen and oxygen atoms in total. The first-order valence-electron chi connectivity index (χ1n) is 9.88. The fourth-order valence-electron chi connectivity index (χ4n) is 3.48. The maximum absolute atomic E-state index is 12.1. The van der Waals surface area contributed by atoms with Gasteiger partial charge in [-0.05, 0) is 18.2 Å². The van der Waals surface area contributed by atoms with E-state index in [2.05, 4.69) is 4.79 Å². The summed E-state index contributed by atoms with van der Waals surface area (Å²) >= 11 is 0. The van der Waals surface area contributed by atoms with Gasteiger partial charge in [-0.25, -0.2) is 0 Å². The third-order valence-electron chi connectivity index (χ3n) is 5.25. The standard InChI is InChI=1S/C13H12O4.C10H6N2O5S/c14-10-6-7-13(17,11(15)8-10)12(16)9-4-2-1-3-5-9;11-12-7-8(13)5-3-1-2-4-6(5)9(14)10(7)18(15,16)17/h1-8,11,14-15,17H;1-4,10H,(H,15,16,17). The van der Waals surface area contributed by atoms with Crippen LogP contribution in [-0.4, -0.2) is 73.1 Å². The van der Waals surface area contributed by atoms with Gasteiger partial charge in [-0.2, -0.15) is 13.2 Å². The molecule has 35 heavy (non-hydrogen) atoms. The molecule has 12 heteroatoms. The van der Waals surface area contributed by atoms with Gasteiger partial charge < -0.3 is 20.9 Å². The van der Waals surface area contributed by atoms with E-state index in [0.29, 0.717) is 5.56 Å². The predicted molar refractivity (Wildman–Crippen MR) is 121 cm³/mol. The second-order valence-corrected chi connectivity index (χ2v) is 9.01. The van der Waals surface area contributed by atoms with Gasteiger partial charge in [-0.1, -0.05) is 54.6 Å². The van der Waals surface area contributed by atoms with Crippen LogP contribution in [0, 0.1) is 0 Å². The molecule has 0 bridgehead atoms. The lowest BCUT2D eigenvalue weighted by atomic mass is 9.84. The van der Waals surface area contributed by atoms with E-state index < -0.39 is 50.1 Å². The Hall–Kier alpha value is -4.06. The molecule has 0 saturated heterocycles. The van der Waals surface area contributed by atoms with Gasteiger partial charge in [0.1, 0.15) is 11.9 Å². The number of allylic oxidation sites excluding steroid dienone is 1. The first kappa shape index (κ1) is 25.6. The maximum atomic E-state index is 12.1. The Morgan fingerprint density at radius 1 is 1.00 bits per heavy atom. The van der Waals surface area contributed by atoms with Crippen molar-refractivity contribution in [2.75, 3.05) is 0 Å². The summed E-state index contributed by atoms with van der Waals surface area (Å²) < 4.78 is 31.2. The minimum absolute atomic E-state index is 0.0600. The zero-order chi connectivity index (χ0) is 26.0. The van der Waals surface area contributed by atoms with Crippen LogP contribution in [0.1, 0.15) is 31.1 Å². The number of fused-ring (bicyclic) bond motifs is 1. The van der Waals surface area contributed by atoms with E-state index in [4.69, 9.17) is 15.2 Å². The molecular formula is C23H18N2O9S. The van der Waals surface area contributed by atoms with Crippen molar-refractivity contribution in [2.45, 2.75) is 17.0 Å². The van der Waals surface area contributed by atoms with Gasteiger partial charge in [0.25, 0.3) is 21.2 Å². The van der Waals surface area contributed by atoms with E-state index in [1.54, 1.807) is 30.3 Å². The van der Waals surface area contributed by atoms with Gasteiger partial charge in [0.2, 0.25) is 5.78 Å². The fraction of sp³-hybridized carbons (Fsp3) is 0.130. The van der Waals surface area contributed by atoms with E-state index in [1.807, 2.05) is 0 Å². The molecular weight excluding hydrogens is 480 g/mol. The van der Waals surface area contributed by atoms with Gasteiger partial charge in [0.05, 0.1) is 0 Å². The Bertz CT molecular complexity index is 1420. The van der Waals surface area contributed by atoms with Crippen molar-refractivity contribution in [2.24, 2.45) is 0 Å². The molecule has 2 aromatic carbocycles. The minimum Gasteiger partial charge on any atom is -0.508 e. The molecule has 0 saturated carbocycles. The molecule has 2 aromatic rings. The Morgan fingerprint density at radius 2 is 1.57 bits per heavy atom. The number of hydrogen-bond acceptors (Lipinski definition) is 8. The van der Waals surface area contributed by atoms with Crippen LogP contribution >= 0.6 is 0 Å². The van der Waals surface area contributed by atoms with Crippen LogP contribution in [-0.2, 0) is 10.1 Å². The highest BCUT2D eigenvalue weighted by atomic mass is 32.2. The number of Topliss-reactive ketones (excluding diaryl/α,β-unsaturated/α-hetero) is 3. The Labute approximate surface area is 198 Å². The van der Waals surface area contributed by atoms with Gasteiger partial charge in [0.15, 0.2) is 11.4 Å². The molecule has 0 aromatic heterocycles. The number of aliphatic hydroxyl groups is 3. The lowest BCUT2D eigenvalue weighted by molar-refractivity contribution is -0.00874. The minimum atomic E-state index is -4.87. The maximum Gasteiger partial charge on any atom is 0.367 e. The molecule has 0 amide bonds. The highest BCUT2D eigenvalue weighted by molar-refractivity contribution is 7.88. The molecule has 4 N–H and O–H groups in total. The number of rotatable bonds is 3. The number of benzene rings is 2. The molecule has 0 fully saturated rings.